The van der Waals surface area contributed by atoms with Gasteiger partial charge in [-0.2, -0.15) is 0 Å². The van der Waals surface area contributed by atoms with Crippen molar-refractivity contribution >= 4 is 17.3 Å². The highest BCUT2D eigenvalue weighted by atomic mass is 32.1. The number of methoxy groups -OCH3 is 2. The number of fused-ring (bicyclic) bond motifs is 1. The second kappa shape index (κ2) is 10.5. The largest absolute Gasteiger partial charge is 0.493 e. The van der Waals surface area contributed by atoms with Gasteiger partial charge in [0.2, 0.25) is 0 Å². The van der Waals surface area contributed by atoms with E-state index in [0.717, 1.165) is 63.0 Å². The third-order valence-corrected chi connectivity index (χ3v) is 6.29. The normalized spacial score (nSPS) is 14.4. The predicted octanol–water partition coefficient (Wildman–Crippen LogP) is 2.87. The van der Waals surface area contributed by atoms with Crippen LogP contribution in [0.3, 0.4) is 0 Å². The molecule has 0 bridgehead atoms. The minimum atomic E-state index is 0.805. The van der Waals surface area contributed by atoms with Crippen molar-refractivity contribution in [2.45, 2.75) is 19.4 Å². The van der Waals surface area contributed by atoms with Crippen molar-refractivity contribution < 1.29 is 9.47 Å². The van der Waals surface area contributed by atoms with E-state index in [9.17, 15) is 0 Å². The number of ether oxygens (including phenoxy) is 2. The molecule has 2 heterocycles. The van der Waals surface area contributed by atoms with E-state index in [4.69, 9.17) is 9.47 Å². The van der Waals surface area contributed by atoms with Crippen molar-refractivity contribution in [1.29, 1.82) is 0 Å². The number of aliphatic imine (C=N–C) groups is 1. The van der Waals surface area contributed by atoms with Crippen LogP contribution in [0.5, 0.6) is 11.5 Å². The maximum Gasteiger partial charge on any atom is 0.193 e. The Kier molecular flexibility index (Phi) is 7.77. The lowest BCUT2D eigenvalue weighted by Gasteiger charge is -2.30. The molecule has 1 aliphatic rings. The first-order valence-electron chi connectivity index (χ1n) is 10.0. The third-order valence-electron chi connectivity index (χ3n) is 5.36. The summed E-state index contributed by atoms with van der Waals surface area (Å²) in [6.45, 7) is 4.80. The highest BCUT2D eigenvalue weighted by Crippen LogP contribution is 2.33. The molecule has 0 saturated carbocycles. The van der Waals surface area contributed by atoms with E-state index in [1.807, 2.05) is 18.4 Å². The maximum atomic E-state index is 5.46. The summed E-state index contributed by atoms with van der Waals surface area (Å²) in [6, 6.07) is 8.53. The zero-order valence-corrected chi connectivity index (χ0v) is 18.7. The van der Waals surface area contributed by atoms with Crippen LogP contribution < -0.4 is 14.8 Å². The molecule has 1 aromatic heterocycles. The Hall–Kier alpha value is -2.25. The molecule has 158 valence electrons. The number of hydrogen-bond donors (Lipinski definition) is 1. The van der Waals surface area contributed by atoms with Gasteiger partial charge in [0.15, 0.2) is 17.5 Å². The van der Waals surface area contributed by atoms with Gasteiger partial charge in [-0.25, -0.2) is 0 Å². The standard InChI is InChI=1S/C22H32N4O2S/c1-23-22(25(2)10-8-19-6-5-13-29-19)24-9-12-26-11-7-17-14-20(27-3)21(28-4)15-18(17)16-26/h5-6,13-15H,7-12,16H2,1-4H3,(H,23,24). The van der Waals surface area contributed by atoms with Gasteiger partial charge in [-0.05, 0) is 47.5 Å². The maximum absolute atomic E-state index is 5.46. The van der Waals surface area contributed by atoms with Crippen molar-refractivity contribution in [1.82, 2.24) is 15.1 Å². The Morgan fingerprint density at radius 3 is 2.66 bits per heavy atom. The van der Waals surface area contributed by atoms with E-state index in [1.165, 1.54) is 16.0 Å². The first-order valence-corrected chi connectivity index (χ1v) is 10.9. The molecule has 3 rings (SSSR count). The van der Waals surface area contributed by atoms with Gasteiger partial charge in [0.25, 0.3) is 0 Å². The molecule has 0 fully saturated rings. The minimum absolute atomic E-state index is 0.805. The van der Waals surface area contributed by atoms with Crippen LogP contribution in [0.2, 0.25) is 0 Å². The molecule has 2 aromatic rings. The van der Waals surface area contributed by atoms with Gasteiger partial charge < -0.3 is 19.7 Å². The SMILES string of the molecule is CN=C(NCCN1CCc2cc(OC)c(OC)cc2C1)N(C)CCc1cccs1. The van der Waals surface area contributed by atoms with Gasteiger partial charge in [0.1, 0.15) is 0 Å². The van der Waals surface area contributed by atoms with Crippen LogP contribution in [0.15, 0.2) is 34.6 Å². The summed E-state index contributed by atoms with van der Waals surface area (Å²) in [5.41, 5.74) is 2.68. The zero-order chi connectivity index (χ0) is 20.6. The zero-order valence-electron chi connectivity index (χ0n) is 17.9. The van der Waals surface area contributed by atoms with Gasteiger partial charge in [0.05, 0.1) is 14.2 Å². The summed E-state index contributed by atoms with van der Waals surface area (Å²) in [7, 11) is 7.32. The van der Waals surface area contributed by atoms with E-state index in [1.54, 1.807) is 14.2 Å². The molecule has 0 spiro atoms. The van der Waals surface area contributed by atoms with E-state index in [2.05, 4.69) is 56.8 Å². The molecule has 29 heavy (non-hydrogen) atoms. The average Bonchev–Trinajstić information content (AvgIpc) is 3.27. The fourth-order valence-corrected chi connectivity index (χ4v) is 4.38. The lowest BCUT2D eigenvalue weighted by molar-refractivity contribution is 0.255. The number of nitrogens with one attached hydrogen (secondary N) is 1. The van der Waals surface area contributed by atoms with Crippen molar-refractivity contribution in [3.63, 3.8) is 0 Å². The molecule has 6 nitrogen and oxygen atoms in total. The highest BCUT2D eigenvalue weighted by Gasteiger charge is 2.19. The molecule has 0 atom stereocenters. The van der Waals surface area contributed by atoms with E-state index in [0.29, 0.717) is 0 Å². The highest BCUT2D eigenvalue weighted by molar-refractivity contribution is 7.09. The van der Waals surface area contributed by atoms with Crippen molar-refractivity contribution in [3.05, 3.63) is 45.6 Å². The molecule has 0 unspecified atom stereocenters. The van der Waals surface area contributed by atoms with Crippen LogP contribution in [0.25, 0.3) is 0 Å². The Bertz CT molecular complexity index is 807. The lowest BCUT2D eigenvalue weighted by atomic mass is 9.99. The molecule has 7 heteroatoms. The Morgan fingerprint density at radius 1 is 1.24 bits per heavy atom. The molecular formula is C22H32N4O2S. The smallest absolute Gasteiger partial charge is 0.193 e. The summed E-state index contributed by atoms with van der Waals surface area (Å²) < 4.78 is 10.9. The molecule has 0 aliphatic carbocycles. The second-order valence-electron chi connectivity index (χ2n) is 7.23. The topological polar surface area (TPSA) is 49.3 Å². The first kappa shape index (κ1) is 21.5. The monoisotopic (exact) mass is 416 g/mol. The van der Waals surface area contributed by atoms with Crippen LogP contribution in [0, 0.1) is 0 Å². The number of thiophene rings is 1. The van der Waals surface area contributed by atoms with Crippen molar-refractivity contribution in [3.8, 4) is 11.5 Å². The van der Waals surface area contributed by atoms with Gasteiger partial charge in [-0.1, -0.05) is 6.07 Å². The molecule has 1 aliphatic heterocycles. The lowest BCUT2D eigenvalue weighted by Crippen LogP contribution is -2.44. The Labute approximate surface area is 178 Å². The van der Waals surface area contributed by atoms with Gasteiger partial charge >= 0.3 is 0 Å². The Morgan fingerprint density at radius 2 is 2.00 bits per heavy atom. The number of benzene rings is 1. The fourth-order valence-electron chi connectivity index (χ4n) is 3.68. The molecular weight excluding hydrogens is 384 g/mol. The van der Waals surface area contributed by atoms with E-state index < -0.39 is 0 Å². The number of rotatable bonds is 8. The van der Waals surface area contributed by atoms with Crippen LogP contribution >= 0.6 is 11.3 Å². The van der Waals surface area contributed by atoms with Gasteiger partial charge in [-0.3, -0.25) is 9.89 Å². The predicted molar refractivity (Wildman–Crippen MR) is 121 cm³/mol. The summed E-state index contributed by atoms with van der Waals surface area (Å²) in [6.07, 6.45) is 2.08. The number of likely N-dealkylation sites (N-methyl/N-ethyl adjacent to an activating group) is 1. The summed E-state index contributed by atoms with van der Waals surface area (Å²) in [5.74, 6) is 2.57. The van der Waals surface area contributed by atoms with Crippen LogP contribution in [-0.4, -0.2) is 70.3 Å². The number of guanidine groups is 1. The third kappa shape index (κ3) is 5.64. The first-order chi connectivity index (χ1) is 14.1. The number of hydrogen-bond acceptors (Lipinski definition) is 5. The summed E-state index contributed by atoms with van der Waals surface area (Å²) >= 11 is 1.81. The number of nitrogens with zero attached hydrogens (tertiary/aromatic N) is 3. The second-order valence-corrected chi connectivity index (χ2v) is 8.26. The minimum Gasteiger partial charge on any atom is -0.493 e. The van der Waals surface area contributed by atoms with Crippen LogP contribution in [0.4, 0.5) is 0 Å². The summed E-state index contributed by atoms with van der Waals surface area (Å²) in [4.78, 5) is 10.5. The quantitative estimate of drug-likeness (QED) is 0.530. The molecule has 1 N–H and O–H groups in total. The van der Waals surface area contributed by atoms with Gasteiger partial charge in [0, 0.05) is 51.7 Å². The van der Waals surface area contributed by atoms with E-state index in [-0.39, 0.29) is 0 Å². The van der Waals surface area contributed by atoms with E-state index >= 15 is 0 Å². The van der Waals surface area contributed by atoms with Crippen LogP contribution in [-0.2, 0) is 19.4 Å². The molecule has 1 aromatic carbocycles. The van der Waals surface area contributed by atoms with Crippen LogP contribution in [0.1, 0.15) is 16.0 Å². The van der Waals surface area contributed by atoms with Crippen molar-refractivity contribution in [2.24, 2.45) is 4.99 Å². The van der Waals surface area contributed by atoms with Gasteiger partial charge in [-0.15, -0.1) is 11.3 Å². The summed E-state index contributed by atoms with van der Waals surface area (Å²) in [5, 5.41) is 5.63. The fraction of sp³-hybridized carbons (Fsp3) is 0.500. The molecule has 0 radical (unpaired) electrons. The average molecular weight is 417 g/mol. The Balaban J connectivity index is 1.47. The molecule has 0 amide bonds. The molecule has 0 saturated heterocycles. The van der Waals surface area contributed by atoms with Crippen molar-refractivity contribution in [2.75, 3.05) is 54.5 Å².